The molecule has 0 unspecified atom stereocenters. The van der Waals surface area contributed by atoms with Crippen LogP contribution >= 0.6 is 0 Å². The standard InChI is InChI=1S/C16H21NO4/c1-18-13-4-5-21-16(7-13)9-17(10-16)8-12-2-3-14-15(6-12)20-11-19-14/h2-3,6,13H,4-5,7-11H2,1H3/t13-/m1/s1. The maximum atomic E-state index is 6.01. The third-order valence-electron chi connectivity index (χ3n) is 4.65. The van der Waals surface area contributed by atoms with E-state index in [1.807, 2.05) is 6.07 Å². The van der Waals surface area contributed by atoms with Gasteiger partial charge in [0.1, 0.15) is 0 Å². The maximum absolute atomic E-state index is 6.01. The third-order valence-corrected chi connectivity index (χ3v) is 4.65. The van der Waals surface area contributed by atoms with E-state index in [0.29, 0.717) is 12.9 Å². The third kappa shape index (κ3) is 2.50. The molecule has 5 heteroatoms. The number of hydrogen-bond acceptors (Lipinski definition) is 5. The molecule has 1 spiro atoms. The number of methoxy groups -OCH3 is 1. The van der Waals surface area contributed by atoms with Gasteiger partial charge in [-0.2, -0.15) is 0 Å². The molecule has 0 N–H and O–H groups in total. The Hall–Kier alpha value is -1.30. The van der Waals surface area contributed by atoms with Gasteiger partial charge in [0.25, 0.3) is 0 Å². The molecule has 3 heterocycles. The summed E-state index contributed by atoms with van der Waals surface area (Å²) in [6.07, 6.45) is 2.38. The number of rotatable bonds is 3. The van der Waals surface area contributed by atoms with Crippen LogP contribution in [0.5, 0.6) is 11.5 Å². The Morgan fingerprint density at radius 1 is 1.29 bits per heavy atom. The molecule has 0 aromatic heterocycles. The highest BCUT2D eigenvalue weighted by molar-refractivity contribution is 5.44. The molecule has 1 aromatic rings. The van der Waals surface area contributed by atoms with Gasteiger partial charge in [-0.05, 0) is 24.1 Å². The molecule has 3 aliphatic rings. The van der Waals surface area contributed by atoms with E-state index in [1.54, 1.807) is 7.11 Å². The number of fused-ring (bicyclic) bond motifs is 1. The summed E-state index contributed by atoms with van der Waals surface area (Å²) in [5.74, 6) is 1.70. The van der Waals surface area contributed by atoms with Gasteiger partial charge in [0.2, 0.25) is 6.79 Å². The Morgan fingerprint density at radius 3 is 3.00 bits per heavy atom. The van der Waals surface area contributed by atoms with Crippen LogP contribution in [-0.2, 0) is 16.0 Å². The van der Waals surface area contributed by atoms with Crippen molar-refractivity contribution >= 4 is 0 Å². The van der Waals surface area contributed by atoms with Gasteiger partial charge in [0, 0.05) is 39.8 Å². The zero-order valence-electron chi connectivity index (χ0n) is 12.3. The summed E-state index contributed by atoms with van der Waals surface area (Å²) in [7, 11) is 1.80. The second-order valence-electron chi connectivity index (χ2n) is 6.21. The molecule has 2 fully saturated rings. The molecule has 0 bridgehead atoms. The molecular weight excluding hydrogens is 270 g/mol. The van der Waals surface area contributed by atoms with Crippen molar-refractivity contribution in [2.75, 3.05) is 33.6 Å². The first-order chi connectivity index (χ1) is 10.3. The fourth-order valence-electron chi connectivity index (χ4n) is 3.58. The van der Waals surface area contributed by atoms with Gasteiger partial charge >= 0.3 is 0 Å². The highest BCUT2D eigenvalue weighted by Crippen LogP contribution is 2.37. The average Bonchev–Trinajstić information content (AvgIpc) is 2.93. The van der Waals surface area contributed by atoms with Gasteiger partial charge in [0.15, 0.2) is 11.5 Å². The minimum absolute atomic E-state index is 0.0231. The first kappa shape index (κ1) is 13.4. The lowest BCUT2D eigenvalue weighted by molar-refractivity contribution is -0.195. The molecule has 1 atom stereocenters. The Balaban J connectivity index is 1.36. The van der Waals surface area contributed by atoms with Gasteiger partial charge in [-0.1, -0.05) is 6.07 Å². The van der Waals surface area contributed by atoms with Crippen molar-refractivity contribution in [3.05, 3.63) is 23.8 Å². The fourth-order valence-corrected chi connectivity index (χ4v) is 3.58. The van der Waals surface area contributed by atoms with Crippen molar-refractivity contribution in [3.8, 4) is 11.5 Å². The van der Waals surface area contributed by atoms with Crippen LogP contribution in [0, 0.1) is 0 Å². The summed E-state index contributed by atoms with van der Waals surface area (Å²) in [5, 5.41) is 0. The Morgan fingerprint density at radius 2 is 2.14 bits per heavy atom. The lowest BCUT2D eigenvalue weighted by Gasteiger charge is -2.53. The SMILES string of the molecule is CO[C@@H]1CCOC2(C1)CN(Cc1ccc3c(c1)OCO3)C2. The lowest BCUT2D eigenvalue weighted by atomic mass is 9.84. The van der Waals surface area contributed by atoms with E-state index >= 15 is 0 Å². The zero-order chi connectivity index (χ0) is 14.3. The van der Waals surface area contributed by atoms with E-state index in [9.17, 15) is 0 Å². The zero-order valence-corrected chi connectivity index (χ0v) is 12.3. The molecular formula is C16H21NO4. The van der Waals surface area contributed by atoms with E-state index < -0.39 is 0 Å². The molecule has 21 heavy (non-hydrogen) atoms. The predicted octanol–water partition coefficient (Wildman–Crippen LogP) is 1.80. The smallest absolute Gasteiger partial charge is 0.231 e. The summed E-state index contributed by atoms with van der Waals surface area (Å²) in [6, 6.07) is 6.18. The Labute approximate surface area is 124 Å². The van der Waals surface area contributed by atoms with Crippen molar-refractivity contribution in [1.82, 2.24) is 4.90 Å². The van der Waals surface area contributed by atoms with Gasteiger partial charge in [-0.25, -0.2) is 0 Å². The van der Waals surface area contributed by atoms with E-state index in [0.717, 1.165) is 50.6 Å². The minimum Gasteiger partial charge on any atom is -0.454 e. The van der Waals surface area contributed by atoms with Crippen LogP contribution in [0.15, 0.2) is 18.2 Å². The molecule has 0 radical (unpaired) electrons. The molecule has 0 saturated carbocycles. The van der Waals surface area contributed by atoms with Crippen LogP contribution in [-0.4, -0.2) is 50.2 Å². The monoisotopic (exact) mass is 291 g/mol. The van der Waals surface area contributed by atoms with Crippen LogP contribution in [0.4, 0.5) is 0 Å². The van der Waals surface area contributed by atoms with E-state index in [4.69, 9.17) is 18.9 Å². The second kappa shape index (κ2) is 5.16. The lowest BCUT2D eigenvalue weighted by Crippen LogP contribution is -2.65. The highest BCUT2D eigenvalue weighted by Gasteiger charge is 2.47. The van der Waals surface area contributed by atoms with Crippen molar-refractivity contribution in [3.63, 3.8) is 0 Å². The minimum atomic E-state index is 0.0231. The molecule has 4 rings (SSSR count). The molecule has 114 valence electrons. The first-order valence-corrected chi connectivity index (χ1v) is 7.54. The predicted molar refractivity (Wildman–Crippen MR) is 76.6 cm³/mol. The van der Waals surface area contributed by atoms with E-state index in [2.05, 4.69) is 17.0 Å². The Kier molecular flexibility index (Phi) is 3.28. The van der Waals surface area contributed by atoms with Crippen LogP contribution in [0.3, 0.4) is 0 Å². The molecule has 0 amide bonds. The van der Waals surface area contributed by atoms with E-state index in [1.165, 1.54) is 5.56 Å². The number of hydrogen-bond donors (Lipinski definition) is 0. The largest absolute Gasteiger partial charge is 0.454 e. The summed E-state index contributed by atoms with van der Waals surface area (Å²) in [6.45, 7) is 4.05. The normalized spacial score (nSPS) is 26.8. The summed E-state index contributed by atoms with van der Waals surface area (Å²) in [4.78, 5) is 2.41. The number of ether oxygens (including phenoxy) is 4. The first-order valence-electron chi connectivity index (χ1n) is 7.54. The molecule has 5 nitrogen and oxygen atoms in total. The highest BCUT2D eigenvalue weighted by atomic mass is 16.7. The average molecular weight is 291 g/mol. The number of likely N-dealkylation sites (tertiary alicyclic amines) is 1. The van der Waals surface area contributed by atoms with Crippen molar-refractivity contribution < 1.29 is 18.9 Å². The number of nitrogens with zero attached hydrogens (tertiary/aromatic N) is 1. The topological polar surface area (TPSA) is 40.2 Å². The molecule has 2 saturated heterocycles. The number of benzene rings is 1. The van der Waals surface area contributed by atoms with Gasteiger partial charge < -0.3 is 18.9 Å². The summed E-state index contributed by atoms with van der Waals surface area (Å²) in [5.41, 5.74) is 1.28. The molecule has 0 aliphatic carbocycles. The maximum Gasteiger partial charge on any atom is 0.231 e. The quantitative estimate of drug-likeness (QED) is 0.849. The summed E-state index contributed by atoms with van der Waals surface area (Å²) >= 11 is 0. The van der Waals surface area contributed by atoms with E-state index in [-0.39, 0.29) is 5.60 Å². The van der Waals surface area contributed by atoms with Crippen LogP contribution in [0.2, 0.25) is 0 Å². The Bertz CT molecular complexity index is 527. The fraction of sp³-hybridized carbons (Fsp3) is 0.625. The van der Waals surface area contributed by atoms with Gasteiger partial charge in [0.05, 0.1) is 11.7 Å². The molecule has 1 aromatic carbocycles. The van der Waals surface area contributed by atoms with Crippen molar-refractivity contribution in [2.24, 2.45) is 0 Å². The van der Waals surface area contributed by atoms with Crippen LogP contribution < -0.4 is 9.47 Å². The van der Waals surface area contributed by atoms with Crippen molar-refractivity contribution in [1.29, 1.82) is 0 Å². The van der Waals surface area contributed by atoms with Gasteiger partial charge in [-0.15, -0.1) is 0 Å². The van der Waals surface area contributed by atoms with Crippen LogP contribution in [0.25, 0.3) is 0 Å². The second-order valence-corrected chi connectivity index (χ2v) is 6.21. The molecule has 3 aliphatic heterocycles. The summed E-state index contributed by atoms with van der Waals surface area (Å²) < 4.78 is 22.3. The van der Waals surface area contributed by atoms with Crippen LogP contribution in [0.1, 0.15) is 18.4 Å². The van der Waals surface area contributed by atoms with Crippen molar-refractivity contribution in [2.45, 2.75) is 31.1 Å². The van der Waals surface area contributed by atoms with Gasteiger partial charge in [-0.3, -0.25) is 4.90 Å².